The first-order valence-electron chi connectivity index (χ1n) is 18.5. The van der Waals surface area contributed by atoms with Gasteiger partial charge in [0.1, 0.15) is 0 Å². The van der Waals surface area contributed by atoms with Crippen molar-refractivity contribution in [3.8, 4) is 55.9 Å². The maximum Gasteiger partial charge on any atom is 0.0724 e. The Morgan fingerprint density at radius 1 is 0.315 bits per heavy atom. The van der Waals surface area contributed by atoms with Crippen molar-refractivity contribution in [2.45, 2.75) is 0 Å². The Labute approximate surface area is 311 Å². The van der Waals surface area contributed by atoms with E-state index in [1.54, 1.807) is 0 Å². The highest BCUT2D eigenvalue weighted by atomic mass is 15.0. The number of fused-ring (bicyclic) bond motifs is 9. The van der Waals surface area contributed by atoms with Crippen LogP contribution in [0.4, 0.5) is 0 Å². The zero-order valence-corrected chi connectivity index (χ0v) is 29.2. The summed E-state index contributed by atoms with van der Waals surface area (Å²) in [5.41, 5.74) is 17.2. The molecule has 54 heavy (non-hydrogen) atoms. The molecule has 3 heteroatoms. The van der Waals surface area contributed by atoms with Gasteiger partial charge in [0.2, 0.25) is 0 Å². The normalized spacial score (nSPS) is 12.1. The van der Waals surface area contributed by atoms with Gasteiger partial charge in [0, 0.05) is 39.1 Å². The molecule has 1 aliphatic carbocycles. The van der Waals surface area contributed by atoms with Gasteiger partial charge in [-0.2, -0.15) is 0 Å². The quantitative estimate of drug-likeness (QED) is 0.181. The van der Waals surface area contributed by atoms with Crippen LogP contribution in [-0.4, -0.2) is 14.1 Å². The van der Waals surface area contributed by atoms with E-state index in [0.717, 1.165) is 16.9 Å². The molecule has 3 aromatic heterocycles. The summed E-state index contributed by atoms with van der Waals surface area (Å²) in [7, 11) is 0. The van der Waals surface area contributed by atoms with Gasteiger partial charge in [-0.1, -0.05) is 115 Å². The van der Waals surface area contributed by atoms with Crippen molar-refractivity contribution < 1.29 is 0 Å². The molecule has 250 valence electrons. The summed E-state index contributed by atoms with van der Waals surface area (Å²) in [6, 6.07) is 64.5. The second kappa shape index (κ2) is 11.1. The molecule has 0 unspecified atom stereocenters. The number of pyridine rings is 1. The molecule has 3 nitrogen and oxygen atoms in total. The third-order valence-corrected chi connectivity index (χ3v) is 11.6. The number of benzene rings is 8. The Kier molecular flexibility index (Phi) is 6.05. The fraction of sp³-hybridized carbons (Fsp3) is 0. The molecule has 8 aromatic carbocycles. The van der Waals surface area contributed by atoms with Crippen LogP contribution < -0.4 is 0 Å². The molecular weight excluding hydrogens is 655 g/mol. The molecule has 0 saturated heterocycles. The molecule has 1 aliphatic rings. The first-order chi connectivity index (χ1) is 26.8. The minimum Gasteiger partial charge on any atom is -0.309 e. The summed E-state index contributed by atoms with van der Waals surface area (Å²) in [5, 5.41) is 7.58. The lowest BCUT2D eigenvalue weighted by atomic mass is 9.94. The fourth-order valence-electron chi connectivity index (χ4n) is 9.18. The van der Waals surface area contributed by atoms with E-state index < -0.39 is 0 Å². The first-order valence-corrected chi connectivity index (χ1v) is 18.5. The largest absolute Gasteiger partial charge is 0.309 e. The van der Waals surface area contributed by atoms with E-state index in [1.807, 2.05) is 12.4 Å². The monoisotopic (exact) mass is 685 g/mol. The van der Waals surface area contributed by atoms with E-state index in [2.05, 4.69) is 190 Å². The van der Waals surface area contributed by atoms with E-state index in [-0.39, 0.29) is 0 Å². The summed E-state index contributed by atoms with van der Waals surface area (Å²) in [4.78, 5) is 4.49. The van der Waals surface area contributed by atoms with Gasteiger partial charge < -0.3 is 9.13 Å². The third-order valence-electron chi connectivity index (χ3n) is 11.6. The van der Waals surface area contributed by atoms with Gasteiger partial charge in [-0.05, 0) is 116 Å². The molecule has 0 aliphatic heterocycles. The molecule has 0 radical (unpaired) electrons. The van der Waals surface area contributed by atoms with Crippen LogP contribution in [0.2, 0.25) is 0 Å². The molecule has 0 atom stereocenters. The molecule has 0 fully saturated rings. The van der Waals surface area contributed by atoms with Gasteiger partial charge in [-0.25, -0.2) is 0 Å². The van der Waals surface area contributed by atoms with Crippen molar-refractivity contribution in [1.29, 1.82) is 0 Å². The van der Waals surface area contributed by atoms with Crippen LogP contribution in [0, 0.1) is 0 Å². The zero-order chi connectivity index (χ0) is 35.3. The highest BCUT2D eigenvalue weighted by Gasteiger charge is 2.22. The lowest BCUT2D eigenvalue weighted by Gasteiger charge is -2.12. The number of rotatable bonds is 4. The average Bonchev–Trinajstić information content (AvgIpc) is 3.88. The van der Waals surface area contributed by atoms with Crippen LogP contribution in [0.15, 0.2) is 188 Å². The lowest BCUT2D eigenvalue weighted by Crippen LogP contribution is -1.94. The minimum absolute atomic E-state index is 1.11. The molecule has 12 rings (SSSR count). The number of hydrogen-bond acceptors (Lipinski definition) is 1. The highest BCUT2D eigenvalue weighted by Crippen LogP contribution is 2.49. The average molecular weight is 686 g/mol. The molecule has 0 amide bonds. The molecule has 0 saturated carbocycles. The highest BCUT2D eigenvalue weighted by molar-refractivity contribution is 6.19. The van der Waals surface area contributed by atoms with Gasteiger partial charge >= 0.3 is 0 Å². The van der Waals surface area contributed by atoms with Crippen LogP contribution in [0.1, 0.15) is 0 Å². The second-order valence-electron chi connectivity index (χ2n) is 14.4. The summed E-state index contributed by atoms with van der Waals surface area (Å²) >= 11 is 0. The Morgan fingerprint density at radius 3 is 1.61 bits per heavy atom. The maximum absolute atomic E-state index is 4.49. The molecule has 0 spiro atoms. The van der Waals surface area contributed by atoms with Crippen molar-refractivity contribution >= 4 is 54.4 Å². The molecule has 11 aromatic rings. The summed E-state index contributed by atoms with van der Waals surface area (Å²) < 4.78 is 4.72. The summed E-state index contributed by atoms with van der Waals surface area (Å²) in [6.45, 7) is 0. The topological polar surface area (TPSA) is 22.8 Å². The number of nitrogens with zero attached hydrogens (tertiary/aromatic N) is 3. The Morgan fingerprint density at radius 2 is 0.852 bits per heavy atom. The van der Waals surface area contributed by atoms with Crippen molar-refractivity contribution in [3.63, 3.8) is 0 Å². The molecule has 0 bridgehead atoms. The lowest BCUT2D eigenvalue weighted by molar-refractivity contribution is 1.17. The second-order valence-corrected chi connectivity index (χ2v) is 14.4. The number of para-hydroxylation sites is 2. The standard InChI is InChI=1S/C51H31N3/c1-2-9-35(10-3-1)54-49-26-20-34(30-46(49)41-27-28-52-31-50(41)54)33-19-25-48-45(29-33)40-13-6-7-16-47(40)53(48)36-21-17-32(18-22-36)37-23-24-44-39-12-5-4-11-38(39)43-15-8-14-42(37)51(43)44/h1-31H. The number of aromatic nitrogens is 3. The van der Waals surface area contributed by atoms with E-state index in [1.165, 1.54) is 93.4 Å². The van der Waals surface area contributed by atoms with Crippen LogP contribution in [-0.2, 0) is 0 Å². The van der Waals surface area contributed by atoms with E-state index in [0.29, 0.717) is 0 Å². The van der Waals surface area contributed by atoms with Gasteiger partial charge in [0.05, 0.1) is 28.3 Å². The van der Waals surface area contributed by atoms with Crippen molar-refractivity contribution in [1.82, 2.24) is 14.1 Å². The van der Waals surface area contributed by atoms with Crippen LogP contribution in [0.3, 0.4) is 0 Å². The van der Waals surface area contributed by atoms with Gasteiger partial charge in [0.25, 0.3) is 0 Å². The summed E-state index contributed by atoms with van der Waals surface area (Å²) in [6.07, 6.45) is 3.86. The van der Waals surface area contributed by atoms with Crippen LogP contribution >= 0.6 is 0 Å². The molecular formula is C51H31N3. The smallest absolute Gasteiger partial charge is 0.0724 e. The van der Waals surface area contributed by atoms with Crippen molar-refractivity contribution in [2.75, 3.05) is 0 Å². The Bertz CT molecular complexity index is 3280. The number of hydrogen-bond donors (Lipinski definition) is 0. The maximum atomic E-state index is 4.49. The first kappa shape index (κ1) is 29.4. The van der Waals surface area contributed by atoms with Gasteiger partial charge in [-0.3, -0.25) is 4.98 Å². The minimum atomic E-state index is 1.11. The third kappa shape index (κ3) is 4.09. The Hall–Kier alpha value is -7.23. The van der Waals surface area contributed by atoms with E-state index in [9.17, 15) is 0 Å². The molecule has 3 heterocycles. The van der Waals surface area contributed by atoms with E-state index >= 15 is 0 Å². The predicted octanol–water partition coefficient (Wildman–Crippen LogP) is 13.4. The van der Waals surface area contributed by atoms with Crippen molar-refractivity contribution in [2.24, 2.45) is 0 Å². The summed E-state index contributed by atoms with van der Waals surface area (Å²) in [5.74, 6) is 0. The van der Waals surface area contributed by atoms with E-state index in [4.69, 9.17) is 0 Å². The predicted molar refractivity (Wildman–Crippen MR) is 226 cm³/mol. The van der Waals surface area contributed by atoms with Crippen LogP contribution in [0.25, 0.3) is 110 Å². The van der Waals surface area contributed by atoms with Gasteiger partial charge in [0.15, 0.2) is 0 Å². The van der Waals surface area contributed by atoms with Crippen molar-refractivity contribution in [3.05, 3.63) is 188 Å². The van der Waals surface area contributed by atoms with Crippen LogP contribution in [0.5, 0.6) is 0 Å². The fourth-order valence-corrected chi connectivity index (χ4v) is 9.18. The Balaban J connectivity index is 0.971. The molecule has 0 N–H and O–H groups in total. The van der Waals surface area contributed by atoms with Gasteiger partial charge in [-0.15, -0.1) is 0 Å². The SMILES string of the molecule is c1ccc(-n2c3ccc(-c4ccc5c(c4)c4ccccc4n5-c4ccc(-c5ccc6c7c(cccc57)-c5ccccc5-6)cc4)cc3c3ccncc32)cc1. The zero-order valence-electron chi connectivity index (χ0n) is 29.2.